The average molecular weight is 403 g/mol. The Hall–Kier alpha value is -1.35. The Morgan fingerprint density at radius 1 is 1.07 bits per heavy atom. The third-order valence-electron chi connectivity index (χ3n) is 4.38. The second-order valence-electron chi connectivity index (χ2n) is 7.12. The lowest BCUT2D eigenvalue weighted by Crippen LogP contribution is -2.61. The van der Waals surface area contributed by atoms with Crippen LogP contribution in [0.3, 0.4) is 0 Å². The molecular formula is C18H24F7NO. The van der Waals surface area contributed by atoms with E-state index in [1.807, 2.05) is 0 Å². The van der Waals surface area contributed by atoms with Crippen LogP contribution in [-0.2, 0) is 0 Å². The zero-order chi connectivity index (χ0) is 21.2. The van der Waals surface area contributed by atoms with E-state index < -0.39 is 42.8 Å². The second kappa shape index (κ2) is 8.34. The average Bonchev–Trinajstić information content (AvgIpc) is 2.47. The van der Waals surface area contributed by atoms with Gasteiger partial charge in [-0.15, -0.1) is 13.2 Å². The van der Waals surface area contributed by atoms with Crippen LogP contribution < -0.4 is 0 Å². The molecule has 3 atom stereocenters. The molecule has 0 unspecified atom stereocenters. The van der Waals surface area contributed by atoms with Crippen LogP contribution in [0.25, 0.3) is 0 Å². The van der Waals surface area contributed by atoms with Gasteiger partial charge in [0.05, 0.1) is 0 Å². The summed E-state index contributed by atoms with van der Waals surface area (Å²) in [5, 5.41) is 9.69. The minimum Gasteiger partial charge on any atom is -0.385 e. The first-order valence-electron chi connectivity index (χ1n) is 8.32. The normalized spacial score (nSPS) is 23.3. The molecule has 27 heavy (non-hydrogen) atoms. The van der Waals surface area contributed by atoms with Crippen LogP contribution in [0.15, 0.2) is 36.5 Å². The van der Waals surface area contributed by atoms with Gasteiger partial charge in [0, 0.05) is 18.6 Å². The predicted molar refractivity (Wildman–Crippen MR) is 88.9 cm³/mol. The van der Waals surface area contributed by atoms with Crippen molar-refractivity contribution in [3.63, 3.8) is 0 Å². The van der Waals surface area contributed by atoms with Gasteiger partial charge in [0.1, 0.15) is 6.10 Å². The number of nitrogens with zero attached hydrogens (tertiary/aromatic N) is 1. The first-order chi connectivity index (χ1) is 12.1. The summed E-state index contributed by atoms with van der Waals surface area (Å²) in [6.45, 7) is 9.76. The summed E-state index contributed by atoms with van der Waals surface area (Å²) >= 11 is 0. The van der Waals surface area contributed by atoms with Crippen LogP contribution in [-0.4, -0.2) is 52.8 Å². The number of aliphatic hydroxyl groups is 1. The Morgan fingerprint density at radius 3 is 2.04 bits per heavy atom. The largest absolute Gasteiger partial charge is 0.459 e. The molecule has 0 aromatic rings. The highest BCUT2D eigenvalue weighted by Crippen LogP contribution is 2.48. The number of hydrogen-bond acceptors (Lipinski definition) is 2. The fourth-order valence-corrected chi connectivity index (χ4v) is 3.05. The smallest absolute Gasteiger partial charge is 0.385 e. The van der Waals surface area contributed by atoms with Crippen molar-refractivity contribution in [3.05, 3.63) is 36.5 Å². The quantitative estimate of drug-likeness (QED) is 0.450. The predicted octanol–water partition coefficient (Wildman–Crippen LogP) is 5.11. The van der Waals surface area contributed by atoms with Crippen molar-refractivity contribution in [2.45, 2.75) is 69.3 Å². The summed E-state index contributed by atoms with van der Waals surface area (Å²) < 4.78 is 91.2. The Morgan fingerprint density at radius 2 is 1.59 bits per heavy atom. The first kappa shape index (κ1) is 23.7. The molecule has 0 bridgehead atoms. The Labute approximate surface area is 154 Å². The number of hydrogen-bond donors (Lipinski definition) is 1. The number of halogens is 7. The van der Waals surface area contributed by atoms with Crippen molar-refractivity contribution in [3.8, 4) is 0 Å². The van der Waals surface area contributed by atoms with Gasteiger partial charge in [-0.25, -0.2) is 0 Å². The fraction of sp³-hybridized carbons (Fsp3) is 0.667. The highest BCUT2D eigenvalue weighted by Gasteiger charge is 2.75. The molecule has 0 saturated carbocycles. The molecule has 0 aliphatic carbocycles. The minimum absolute atomic E-state index is 0.289. The number of aliphatic hydroxyl groups excluding tert-OH is 1. The van der Waals surface area contributed by atoms with E-state index in [1.54, 1.807) is 26.0 Å². The van der Waals surface area contributed by atoms with E-state index in [9.17, 15) is 35.8 Å². The molecule has 0 spiro atoms. The monoisotopic (exact) mass is 403 g/mol. The molecule has 1 aliphatic heterocycles. The molecule has 1 rings (SSSR count). The summed E-state index contributed by atoms with van der Waals surface area (Å²) in [5.74, 6) is -12.0. The van der Waals surface area contributed by atoms with Crippen LogP contribution in [0.4, 0.5) is 30.7 Å². The van der Waals surface area contributed by atoms with E-state index >= 15 is 0 Å². The molecule has 0 aromatic heterocycles. The topological polar surface area (TPSA) is 23.5 Å². The Kier molecular flexibility index (Phi) is 7.32. The lowest BCUT2D eigenvalue weighted by Gasteiger charge is -2.42. The highest BCUT2D eigenvalue weighted by molar-refractivity contribution is 5.11. The summed E-state index contributed by atoms with van der Waals surface area (Å²) in [5.41, 5.74) is 1.36. The fourth-order valence-electron chi connectivity index (χ4n) is 3.05. The molecule has 1 heterocycles. The van der Waals surface area contributed by atoms with E-state index in [-0.39, 0.29) is 6.42 Å². The minimum atomic E-state index is -6.48. The summed E-state index contributed by atoms with van der Waals surface area (Å²) in [6.07, 6.45) is -5.27. The van der Waals surface area contributed by atoms with Crippen molar-refractivity contribution in [2.24, 2.45) is 0 Å². The van der Waals surface area contributed by atoms with E-state index in [2.05, 4.69) is 13.2 Å². The third-order valence-corrected chi connectivity index (χ3v) is 4.38. The van der Waals surface area contributed by atoms with Gasteiger partial charge in [-0.2, -0.15) is 30.7 Å². The molecule has 0 saturated heterocycles. The molecule has 0 amide bonds. The zero-order valence-electron chi connectivity index (χ0n) is 15.2. The molecule has 1 N–H and O–H groups in total. The van der Waals surface area contributed by atoms with Crippen molar-refractivity contribution in [2.75, 3.05) is 6.54 Å². The molecule has 0 radical (unpaired) electrons. The number of rotatable bonds is 8. The van der Waals surface area contributed by atoms with Gasteiger partial charge >= 0.3 is 18.0 Å². The van der Waals surface area contributed by atoms with E-state index in [0.717, 1.165) is 0 Å². The number of alkyl halides is 7. The van der Waals surface area contributed by atoms with Crippen molar-refractivity contribution in [1.29, 1.82) is 0 Å². The van der Waals surface area contributed by atoms with Crippen molar-refractivity contribution < 1.29 is 35.8 Å². The molecule has 2 nitrogen and oxygen atoms in total. The van der Waals surface area contributed by atoms with Crippen LogP contribution in [0.2, 0.25) is 0 Å². The van der Waals surface area contributed by atoms with Gasteiger partial charge in [-0.05, 0) is 33.1 Å². The second-order valence-corrected chi connectivity index (χ2v) is 7.12. The van der Waals surface area contributed by atoms with Crippen molar-refractivity contribution in [1.82, 2.24) is 4.90 Å². The van der Waals surface area contributed by atoms with Gasteiger partial charge in [0.2, 0.25) is 0 Å². The van der Waals surface area contributed by atoms with Gasteiger partial charge in [0.25, 0.3) is 0 Å². The lowest BCUT2D eigenvalue weighted by atomic mass is 9.92. The maximum absolute atomic E-state index is 13.8. The third kappa shape index (κ3) is 5.34. The van der Waals surface area contributed by atoms with Crippen LogP contribution in [0, 0.1) is 0 Å². The van der Waals surface area contributed by atoms with Crippen LogP contribution >= 0.6 is 0 Å². The molecule has 1 aliphatic rings. The molecule has 9 heteroatoms. The lowest BCUT2D eigenvalue weighted by molar-refractivity contribution is -0.371. The molecule has 156 valence electrons. The molecule has 0 fully saturated rings. The zero-order valence-corrected chi connectivity index (χ0v) is 15.2. The van der Waals surface area contributed by atoms with E-state index in [4.69, 9.17) is 0 Å². The van der Waals surface area contributed by atoms with E-state index in [1.165, 1.54) is 4.90 Å². The van der Waals surface area contributed by atoms with Gasteiger partial charge in [-0.3, -0.25) is 4.90 Å². The Bertz CT molecular complexity index is 583. The summed E-state index contributed by atoms with van der Waals surface area (Å²) in [4.78, 5) is 1.33. The SMILES string of the molecule is C=C(C)C[C@@H]1CC=C[C@@H](CC(=C)C)N1C[C@@H](O)C(F)(F)C(F)(F)C(F)(F)F. The first-order valence-corrected chi connectivity index (χ1v) is 8.32. The summed E-state index contributed by atoms with van der Waals surface area (Å²) in [7, 11) is 0. The standard InChI is InChI=1S/C18H24F7NO/c1-11(2)8-13-6-5-7-14(9-12(3)4)26(13)10-15(27)16(19,20)17(21,22)18(23,24)25/h5-6,13-15,27H,1,3,7-10H2,2,4H3/t13-,14-,15+/m0/s1. The summed E-state index contributed by atoms with van der Waals surface area (Å²) in [6, 6.07) is -1.01. The van der Waals surface area contributed by atoms with Crippen molar-refractivity contribution >= 4 is 0 Å². The molecule has 0 aromatic carbocycles. The highest BCUT2D eigenvalue weighted by atomic mass is 19.4. The van der Waals surface area contributed by atoms with Gasteiger partial charge in [0.15, 0.2) is 0 Å². The van der Waals surface area contributed by atoms with E-state index in [0.29, 0.717) is 24.0 Å². The van der Waals surface area contributed by atoms with Gasteiger partial charge in [-0.1, -0.05) is 23.3 Å². The number of β-amino-alcohol motifs (C(OH)–C–C–N with tert-alkyl or cyclic N) is 1. The van der Waals surface area contributed by atoms with Gasteiger partial charge < -0.3 is 5.11 Å². The van der Waals surface area contributed by atoms with Crippen LogP contribution in [0.1, 0.15) is 33.1 Å². The Balaban J connectivity index is 3.14. The van der Waals surface area contributed by atoms with Crippen LogP contribution in [0.5, 0.6) is 0 Å². The maximum atomic E-state index is 13.8. The maximum Gasteiger partial charge on any atom is 0.459 e. The molecular weight excluding hydrogens is 379 g/mol.